The first-order chi connectivity index (χ1) is 11.9. The SMILES string of the molecule is CN(CCNS(=O)(=O)c1ccccc1)CC12CC3CC(CC(C3)C1)C2. The maximum absolute atomic E-state index is 12.3. The van der Waals surface area contributed by atoms with E-state index in [4.69, 9.17) is 0 Å². The van der Waals surface area contributed by atoms with Gasteiger partial charge in [-0.05, 0) is 80.9 Å². The van der Waals surface area contributed by atoms with E-state index in [2.05, 4.69) is 16.7 Å². The third-order valence-electron chi connectivity index (χ3n) is 6.61. The normalized spacial score (nSPS) is 33.9. The van der Waals surface area contributed by atoms with Crippen LogP contribution in [-0.2, 0) is 10.0 Å². The third-order valence-corrected chi connectivity index (χ3v) is 8.09. The van der Waals surface area contributed by atoms with Crippen LogP contribution in [0.4, 0.5) is 0 Å². The quantitative estimate of drug-likeness (QED) is 0.811. The minimum Gasteiger partial charge on any atom is -0.305 e. The Bertz CT molecular complexity index is 666. The van der Waals surface area contributed by atoms with Crippen LogP contribution in [0.3, 0.4) is 0 Å². The van der Waals surface area contributed by atoms with Crippen molar-refractivity contribution in [3.8, 4) is 0 Å². The Kier molecular flexibility index (Phi) is 4.67. The van der Waals surface area contributed by atoms with Crippen LogP contribution in [-0.4, -0.2) is 40.0 Å². The van der Waals surface area contributed by atoms with Gasteiger partial charge >= 0.3 is 0 Å². The Hall–Kier alpha value is -0.910. The van der Waals surface area contributed by atoms with E-state index in [-0.39, 0.29) is 0 Å². The van der Waals surface area contributed by atoms with Crippen LogP contribution in [0.5, 0.6) is 0 Å². The van der Waals surface area contributed by atoms with E-state index in [0.717, 1.165) is 30.8 Å². The van der Waals surface area contributed by atoms with E-state index >= 15 is 0 Å². The molecule has 1 N–H and O–H groups in total. The molecule has 5 rings (SSSR count). The van der Waals surface area contributed by atoms with Crippen molar-refractivity contribution in [2.45, 2.75) is 43.4 Å². The van der Waals surface area contributed by atoms with Gasteiger partial charge in [-0.25, -0.2) is 13.1 Å². The highest BCUT2D eigenvalue weighted by Gasteiger charge is 2.50. The lowest BCUT2D eigenvalue weighted by Crippen LogP contribution is -2.51. The van der Waals surface area contributed by atoms with E-state index in [1.807, 2.05) is 6.07 Å². The molecule has 4 aliphatic rings. The topological polar surface area (TPSA) is 49.4 Å². The molecular formula is C20H30N2O2S. The minimum absolute atomic E-state index is 0.346. The van der Waals surface area contributed by atoms with Crippen LogP contribution in [0.25, 0.3) is 0 Å². The molecule has 1 aromatic carbocycles. The molecule has 0 saturated heterocycles. The van der Waals surface area contributed by atoms with Gasteiger partial charge in [0.15, 0.2) is 0 Å². The third kappa shape index (κ3) is 3.79. The van der Waals surface area contributed by atoms with Gasteiger partial charge in [-0.15, -0.1) is 0 Å². The Morgan fingerprint density at radius 1 is 1.04 bits per heavy atom. The summed E-state index contributed by atoms with van der Waals surface area (Å²) in [6, 6.07) is 8.63. The highest BCUT2D eigenvalue weighted by molar-refractivity contribution is 7.89. The molecule has 0 amide bonds. The van der Waals surface area contributed by atoms with E-state index in [1.165, 1.54) is 38.5 Å². The largest absolute Gasteiger partial charge is 0.305 e. The second kappa shape index (κ2) is 6.67. The summed E-state index contributed by atoms with van der Waals surface area (Å²) in [6.45, 7) is 2.37. The van der Waals surface area contributed by atoms with Crippen LogP contribution < -0.4 is 4.72 Å². The molecule has 0 unspecified atom stereocenters. The Morgan fingerprint density at radius 2 is 1.60 bits per heavy atom. The monoisotopic (exact) mass is 362 g/mol. The molecule has 0 heterocycles. The Labute approximate surface area is 152 Å². The Balaban J connectivity index is 1.29. The number of sulfonamides is 1. The van der Waals surface area contributed by atoms with E-state index in [9.17, 15) is 8.42 Å². The highest BCUT2D eigenvalue weighted by Crippen LogP contribution is 2.60. The average Bonchev–Trinajstić information content (AvgIpc) is 2.53. The first-order valence-corrected chi connectivity index (χ1v) is 11.2. The molecule has 0 aromatic heterocycles. The lowest BCUT2D eigenvalue weighted by atomic mass is 9.49. The molecule has 4 saturated carbocycles. The predicted molar refractivity (Wildman–Crippen MR) is 99.7 cm³/mol. The number of benzene rings is 1. The summed E-state index contributed by atoms with van der Waals surface area (Å²) in [7, 11) is -1.24. The fourth-order valence-electron chi connectivity index (χ4n) is 6.19. The van der Waals surface area contributed by atoms with Crippen LogP contribution in [0.1, 0.15) is 38.5 Å². The second-order valence-electron chi connectivity index (χ2n) is 8.87. The van der Waals surface area contributed by atoms with Crippen LogP contribution in [0.2, 0.25) is 0 Å². The molecule has 0 atom stereocenters. The molecule has 1 aromatic rings. The highest BCUT2D eigenvalue weighted by atomic mass is 32.2. The molecule has 5 heteroatoms. The molecule has 0 aliphatic heterocycles. The lowest BCUT2D eigenvalue weighted by molar-refractivity contribution is -0.0658. The number of nitrogens with zero attached hydrogens (tertiary/aromatic N) is 1. The molecule has 4 aliphatic carbocycles. The van der Waals surface area contributed by atoms with Crippen molar-refractivity contribution >= 4 is 10.0 Å². The maximum Gasteiger partial charge on any atom is 0.240 e. The van der Waals surface area contributed by atoms with Gasteiger partial charge in [-0.2, -0.15) is 0 Å². The van der Waals surface area contributed by atoms with Crippen molar-refractivity contribution in [1.29, 1.82) is 0 Å². The number of hydrogen-bond acceptors (Lipinski definition) is 3. The molecule has 0 radical (unpaired) electrons. The molecule has 4 nitrogen and oxygen atoms in total. The van der Waals surface area contributed by atoms with Crippen LogP contribution in [0, 0.1) is 23.2 Å². The maximum atomic E-state index is 12.3. The fourth-order valence-corrected chi connectivity index (χ4v) is 7.23. The number of likely N-dealkylation sites (N-methyl/N-ethyl adjacent to an activating group) is 1. The molecule has 25 heavy (non-hydrogen) atoms. The van der Waals surface area contributed by atoms with Crippen molar-refractivity contribution < 1.29 is 8.42 Å². The summed E-state index contributed by atoms with van der Waals surface area (Å²) in [4.78, 5) is 2.69. The Morgan fingerprint density at radius 3 is 2.16 bits per heavy atom. The van der Waals surface area contributed by atoms with E-state index in [0.29, 0.717) is 16.9 Å². The van der Waals surface area contributed by atoms with Gasteiger partial charge in [0, 0.05) is 19.6 Å². The van der Waals surface area contributed by atoms with E-state index in [1.54, 1.807) is 24.3 Å². The summed E-state index contributed by atoms with van der Waals surface area (Å²) >= 11 is 0. The van der Waals surface area contributed by atoms with Crippen LogP contribution in [0.15, 0.2) is 35.2 Å². The smallest absolute Gasteiger partial charge is 0.240 e. The zero-order valence-corrected chi connectivity index (χ0v) is 16.0. The first-order valence-electron chi connectivity index (χ1n) is 9.67. The molecular weight excluding hydrogens is 332 g/mol. The first kappa shape index (κ1) is 17.5. The molecule has 4 bridgehead atoms. The number of nitrogens with one attached hydrogen (secondary N) is 1. The van der Waals surface area contributed by atoms with Gasteiger partial charge in [-0.1, -0.05) is 18.2 Å². The summed E-state index contributed by atoms with van der Waals surface area (Å²) in [5, 5.41) is 0. The molecule has 138 valence electrons. The van der Waals surface area contributed by atoms with Crippen molar-refractivity contribution in [3.05, 3.63) is 30.3 Å². The molecule has 0 spiro atoms. The van der Waals surface area contributed by atoms with Gasteiger partial charge in [0.2, 0.25) is 10.0 Å². The van der Waals surface area contributed by atoms with Gasteiger partial charge in [0.25, 0.3) is 0 Å². The average molecular weight is 363 g/mol. The summed E-state index contributed by atoms with van der Waals surface area (Å²) in [6.07, 6.45) is 8.62. The second-order valence-corrected chi connectivity index (χ2v) is 10.6. The summed E-state index contributed by atoms with van der Waals surface area (Å²) < 4.78 is 27.3. The molecule has 4 fully saturated rings. The van der Waals surface area contributed by atoms with Gasteiger partial charge < -0.3 is 4.90 Å². The van der Waals surface area contributed by atoms with Gasteiger partial charge in [-0.3, -0.25) is 0 Å². The van der Waals surface area contributed by atoms with Gasteiger partial charge in [0.05, 0.1) is 4.90 Å². The standard InChI is InChI=1S/C20H30N2O2S/c1-22(8-7-21-25(23,24)19-5-3-2-4-6-19)15-20-12-16-9-17(13-20)11-18(10-16)14-20/h2-6,16-18,21H,7-15H2,1H3. The van der Waals surface area contributed by atoms with Gasteiger partial charge in [0.1, 0.15) is 0 Å². The van der Waals surface area contributed by atoms with Crippen molar-refractivity contribution in [3.63, 3.8) is 0 Å². The van der Waals surface area contributed by atoms with Crippen LogP contribution >= 0.6 is 0 Å². The zero-order chi connectivity index (χ0) is 17.5. The van der Waals surface area contributed by atoms with Crippen molar-refractivity contribution in [2.75, 3.05) is 26.7 Å². The fraction of sp³-hybridized carbons (Fsp3) is 0.700. The van der Waals surface area contributed by atoms with Crippen molar-refractivity contribution in [1.82, 2.24) is 9.62 Å². The number of hydrogen-bond donors (Lipinski definition) is 1. The number of rotatable bonds is 7. The predicted octanol–water partition coefficient (Wildman–Crippen LogP) is 3.11. The minimum atomic E-state index is -3.39. The zero-order valence-electron chi connectivity index (χ0n) is 15.2. The summed E-state index contributed by atoms with van der Waals surface area (Å²) in [5.41, 5.74) is 0.516. The lowest BCUT2D eigenvalue weighted by Gasteiger charge is -2.57. The van der Waals surface area contributed by atoms with Crippen molar-refractivity contribution in [2.24, 2.45) is 23.2 Å². The van der Waals surface area contributed by atoms with E-state index < -0.39 is 10.0 Å². The summed E-state index contributed by atoms with van der Waals surface area (Å²) in [5.74, 6) is 2.91.